The molecule has 0 heteroatoms. The first kappa shape index (κ1) is 11.3. The van der Waals surface area contributed by atoms with Gasteiger partial charge in [-0.3, -0.25) is 0 Å². The second kappa shape index (κ2) is 10.5. The highest BCUT2D eigenvalue weighted by atomic mass is 13.9. The van der Waals surface area contributed by atoms with Crippen molar-refractivity contribution < 1.29 is 0 Å². The third-order valence-corrected chi connectivity index (χ3v) is 0.957. The highest BCUT2D eigenvalue weighted by molar-refractivity contribution is 4.86. The molecule has 0 saturated heterocycles. The second-order valence-corrected chi connectivity index (χ2v) is 2.06. The largest absolute Gasteiger partial charge is 0.106 e. The van der Waals surface area contributed by atoms with E-state index in [0.717, 1.165) is 0 Å². The molecule has 0 aromatic carbocycles. The molecule has 0 fully saturated rings. The fourth-order valence-electron chi connectivity index (χ4n) is 0.479. The lowest BCUT2D eigenvalue weighted by Crippen LogP contribution is -1.71. The van der Waals surface area contributed by atoms with Gasteiger partial charge in [-0.15, -0.1) is 19.7 Å². The van der Waals surface area contributed by atoms with Crippen LogP contribution in [-0.4, -0.2) is 0 Å². The zero-order valence-electron chi connectivity index (χ0n) is 6.74. The van der Waals surface area contributed by atoms with E-state index >= 15 is 0 Å². The van der Waals surface area contributed by atoms with Gasteiger partial charge in [0.05, 0.1) is 0 Å². The van der Waals surface area contributed by atoms with Crippen LogP contribution in [0.15, 0.2) is 25.3 Å². The molecule has 9 heavy (non-hydrogen) atoms. The topological polar surface area (TPSA) is 0 Å². The Labute approximate surface area is 59.3 Å². The maximum absolute atomic E-state index is 3.79. The quantitative estimate of drug-likeness (QED) is 0.507. The van der Waals surface area contributed by atoms with E-state index in [1.165, 1.54) is 24.8 Å². The van der Waals surface area contributed by atoms with E-state index in [9.17, 15) is 0 Å². The Balaban J connectivity index is 0. The van der Waals surface area contributed by atoms with Crippen molar-refractivity contribution in [1.29, 1.82) is 0 Å². The van der Waals surface area contributed by atoms with Crippen molar-refractivity contribution in [2.75, 3.05) is 0 Å². The zero-order chi connectivity index (χ0) is 7.70. The van der Waals surface area contributed by atoms with Gasteiger partial charge in [-0.25, -0.2) is 0 Å². The van der Waals surface area contributed by atoms with Gasteiger partial charge in [-0.1, -0.05) is 18.9 Å². The van der Waals surface area contributed by atoms with Gasteiger partial charge >= 0.3 is 0 Å². The molecule has 0 amide bonds. The number of allylic oxidation sites excluding steroid dienone is 1. The summed E-state index contributed by atoms with van der Waals surface area (Å²) in [5, 5.41) is 0. The molecule has 0 nitrogen and oxygen atoms in total. The number of rotatable bonds is 3. The normalized spacial score (nSPS) is 7.33. The van der Waals surface area contributed by atoms with Crippen molar-refractivity contribution in [2.24, 2.45) is 0 Å². The molecule has 0 radical (unpaired) electrons. The third-order valence-electron chi connectivity index (χ3n) is 0.957. The second-order valence-electron chi connectivity index (χ2n) is 2.06. The Morgan fingerprint density at radius 3 is 1.89 bits per heavy atom. The summed E-state index contributed by atoms with van der Waals surface area (Å²) in [7, 11) is 0. The molecule has 0 bridgehead atoms. The van der Waals surface area contributed by atoms with E-state index in [2.05, 4.69) is 33.6 Å². The van der Waals surface area contributed by atoms with Gasteiger partial charge in [0.1, 0.15) is 0 Å². The van der Waals surface area contributed by atoms with E-state index in [4.69, 9.17) is 0 Å². The van der Waals surface area contributed by atoms with Crippen molar-refractivity contribution in [3.63, 3.8) is 0 Å². The molecule has 0 atom stereocenters. The summed E-state index contributed by atoms with van der Waals surface area (Å²) in [6, 6.07) is 0. The molecule has 0 aromatic heterocycles. The van der Waals surface area contributed by atoms with Crippen molar-refractivity contribution in [3.05, 3.63) is 25.3 Å². The fraction of sp³-hybridized carbons (Fsp3) is 0.556. The van der Waals surface area contributed by atoms with Crippen molar-refractivity contribution in [1.82, 2.24) is 0 Å². The molecule has 0 aliphatic carbocycles. The van der Waals surface area contributed by atoms with Crippen molar-refractivity contribution in [3.8, 4) is 0 Å². The maximum atomic E-state index is 3.79. The highest BCUT2D eigenvalue weighted by Crippen LogP contribution is 2.01. The van der Waals surface area contributed by atoms with Gasteiger partial charge in [0.25, 0.3) is 0 Å². The van der Waals surface area contributed by atoms with Crippen molar-refractivity contribution in [2.45, 2.75) is 33.1 Å². The van der Waals surface area contributed by atoms with Crippen LogP contribution in [0.3, 0.4) is 0 Å². The zero-order valence-corrected chi connectivity index (χ0v) is 6.74. The molecular weight excluding hydrogens is 108 g/mol. The first-order valence-corrected chi connectivity index (χ1v) is 3.41. The van der Waals surface area contributed by atoms with Gasteiger partial charge in [0.15, 0.2) is 0 Å². The lowest BCUT2D eigenvalue weighted by atomic mass is 10.2. The van der Waals surface area contributed by atoms with Crippen LogP contribution in [0.25, 0.3) is 0 Å². The van der Waals surface area contributed by atoms with Crippen molar-refractivity contribution >= 4 is 0 Å². The molecule has 54 valence electrons. The average molecular weight is 126 g/mol. The number of hydrogen-bond acceptors (Lipinski definition) is 0. The first-order chi connectivity index (χ1) is 4.27. The smallest absolute Gasteiger partial charge is 0.0326 e. The monoisotopic (exact) mass is 126 g/mol. The minimum Gasteiger partial charge on any atom is -0.106 e. The fourth-order valence-corrected chi connectivity index (χ4v) is 0.479. The minimum absolute atomic E-state index is 1.20. The first-order valence-electron chi connectivity index (χ1n) is 3.41. The van der Waals surface area contributed by atoms with Gasteiger partial charge in [0.2, 0.25) is 0 Å². The Hall–Kier alpha value is -0.520. The van der Waals surface area contributed by atoms with Crippen LogP contribution in [-0.2, 0) is 0 Å². The maximum Gasteiger partial charge on any atom is -0.0326 e. The van der Waals surface area contributed by atoms with E-state index in [-0.39, 0.29) is 0 Å². The van der Waals surface area contributed by atoms with Crippen LogP contribution < -0.4 is 0 Å². The van der Waals surface area contributed by atoms with Crippen LogP contribution >= 0.6 is 0 Å². The van der Waals surface area contributed by atoms with Crippen LogP contribution in [0.2, 0.25) is 0 Å². The number of hydrogen-bond donors (Lipinski definition) is 0. The Kier molecular flexibility index (Phi) is 13.1. The Bertz CT molecular complexity index is 62.4. The standard InChI is InChI=1S/C7H14.C2H4/c1-4-5-6-7(2)3;1-2/h2,4-6H2,1,3H3;1-2H2. The lowest BCUT2D eigenvalue weighted by Gasteiger charge is -1.91. The van der Waals surface area contributed by atoms with Gasteiger partial charge < -0.3 is 0 Å². The lowest BCUT2D eigenvalue weighted by molar-refractivity contribution is 0.789. The molecule has 0 spiro atoms. The SMILES string of the molecule is C=C.C=C(C)CCCC. The van der Waals surface area contributed by atoms with E-state index in [1.807, 2.05) is 0 Å². The molecule has 0 saturated carbocycles. The summed E-state index contributed by atoms with van der Waals surface area (Å²) in [4.78, 5) is 0. The summed E-state index contributed by atoms with van der Waals surface area (Å²) >= 11 is 0. The van der Waals surface area contributed by atoms with Crippen LogP contribution in [0.5, 0.6) is 0 Å². The minimum atomic E-state index is 1.20. The number of unbranched alkanes of at least 4 members (excludes halogenated alkanes) is 1. The van der Waals surface area contributed by atoms with Crippen LogP contribution in [0.4, 0.5) is 0 Å². The molecule has 0 rings (SSSR count). The van der Waals surface area contributed by atoms with Crippen LogP contribution in [0.1, 0.15) is 33.1 Å². The Morgan fingerprint density at radius 2 is 1.78 bits per heavy atom. The molecule has 0 heterocycles. The molecule has 0 N–H and O–H groups in total. The summed E-state index contributed by atoms with van der Waals surface area (Å²) in [6.45, 7) is 14.1. The van der Waals surface area contributed by atoms with Gasteiger partial charge in [0, 0.05) is 0 Å². The summed E-state index contributed by atoms with van der Waals surface area (Å²) in [5.41, 5.74) is 1.31. The van der Waals surface area contributed by atoms with E-state index < -0.39 is 0 Å². The average Bonchev–Trinajstić information content (AvgIpc) is 1.88. The van der Waals surface area contributed by atoms with Gasteiger partial charge in [-0.05, 0) is 19.8 Å². The van der Waals surface area contributed by atoms with Crippen LogP contribution in [0, 0.1) is 0 Å². The predicted molar refractivity (Wildman–Crippen MR) is 45.6 cm³/mol. The summed E-state index contributed by atoms with van der Waals surface area (Å²) in [6.07, 6.45) is 3.79. The molecule has 0 aliphatic heterocycles. The Morgan fingerprint density at radius 1 is 1.33 bits per heavy atom. The summed E-state index contributed by atoms with van der Waals surface area (Å²) < 4.78 is 0. The predicted octanol–water partition coefficient (Wildman–Crippen LogP) is 3.55. The van der Waals surface area contributed by atoms with E-state index in [0.29, 0.717) is 0 Å². The van der Waals surface area contributed by atoms with Gasteiger partial charge in [-0.2, -0.15) is 0 Å². The third kappa shape index (κ3) is 18.5. The van der Waals surface area contributed by atoms with E-state index in [1.54, 1.807) is 0 Å². The molecule has 0 aliphatic rings. The highest BCUT2D eigenvalue weighted by Gasteiger charge is 1.81. The summed E-state index contributed by atoms with van der Waals surface area (Å²) in [5.74, 6) is 0. The molecular formula is C9H18. The molecule has 0 aromatic rings. The molecule has 0 unspecified atom stereocenters.